The van der Waals surface area contributed by atoms with E-state index in [1.165, 1.54) is 12.1 Å². The SMILES string of the molecule is COC[C@@H]1[C@@H](c2ccc(-c3cccc(Cl)c3C)cc2)C2CN(S(=O)(=O)c3ccccc3C(F)(F)F)C/C=C\CN21. The molecular formula is C30H30ClF3N2O3S. The first kappa shape index (κ1) is 28.8. The maximum absolute atomic E-state index is 13.7. The van der Waals surface area contributed by atoms with E-state index >= 15 is 0 Å². The van der Waals surface area contributed by atoms with Gasteiger partial charge in [-0.2, -0.15) is 17.5 Å². The van der Waals surface area contributed by atoms with Crippen LogP contribution in [0.15, 0.2) is 83.8 Å². The Balaban J connectivity index is 1.48. The summed E-state index contributed by atoms with van der Waals surface area (Å²) in [7, 11) is -2.81. The summed E-state index contributed by atoms with van der Waals surface area (Å²) in [4.78, 5) is 1.44. The molecule has 0 N–H and O–H groups in total. The minimum absolute atomic E-state index is 0.00644. The number of nitrogens with zero attached hydrogens (tertiary/aromatic N) is 2. The number of rotatable bonds is 6. The van der Waals surface area contributed by atoms with E-state index in [0.717, 1.165) is 38.7 Å². The van der Waals surface area contributed by atoms with Crippen LogP contribution in [-0.2, 0) is 20.9 Å². The number of halogens is 4. The minimum Gasteiger partial charge on any atom is -0.383 e. The summed E-state index contributed by atoms with van der Waals surface area (Å²) in [6, 6.07) is 18.0. The normalized spacial score (nSPS) is 23.1. The molecule has 5 rings (SSSR count). The Morgan fingerprint density at radius 1 is 0.975 bits per heavy atom. The van der Waals surface area contributed by atoms with Crippen molar-refractivity contribution in [2.75, 3.05) is 33.4 Å². The molecule has 0 saturated carbocycles. The fraction of sp³-hybridized carbons (Fsp3) is 0.333. The highest BCUT2D eigenvalue weighted by molar-refractivity contribution is 7.89. The second-order valence-electron chi connectivity index (χ2n) is 10.1. The molecule has 2 aliphatic heterocycles. The third-order valence-corrected chi connectivity index (χ3v) is 10.2. The van der Waals surface area contributed by atoms with Crippen LogP contribution in [-0.4, -0.2) is 63.1 Å². The molecule has 0 amide bonds. The fourth-order valence-corrected chi connectivity index (χ4v) is 7.65. The Bertz CT molecular complexity index is 1510. The molecular weight excluding hydrogens is 561 g/mol. The molecule has 10 heteroatoms. The lowest BCUT2D eigenvalue weighted by molar-refractivity contribution is -0.139. The number of hydrogen-bond donors (Lipinski definition) is 0. The Morgan fingerprint density at radius 3 is 2.38 bits per heavy atom. The second-order valence-corrected chi connectivity index (χ2v) is 12.4. The van der Waals surface area contributed by atoms with E-state index in [4.69, 9.17) is 16.3 Å². The third kappa shape index (κ3) is 5.33. The summed E-state index contributed by atoms with van der Waals surface area (Å²) in [5.74, 6) is -0.0727. The van der Waals surface area contributed by atoms with Gasteiger partial charge in [-0.05, 0) is 47.4 Å². The number of benzene rings is 3. The van der Waals surface area contributed by atoms with Crippen LogP contribution in [0.3, 0.4) is 0 Å². The zero-order valence-corrected chi connectivity index (χ0v) is 23.7. The van der Waals surface area contributed by atoms with Crippen molar-refractivity contribution in [1.29, 1.82) is 0 Å². The van der Waals surface area contributed by atoms with Crippen molar-refractivity contribution in [1.82, 2.24) is 9.21 Å². The molecule has 212 valence electrons. The van der Waals surface area contributed by atoms with Crippen LogP contribution in [0.5, 0.6) is 0 Å². The van der Waals surface area contributed by atoms with Crippen molar-refractivity contribution >= 4 is 21.6 Å². The van der Waals surface area contributed by atoms with Gasteiger partial charge >= 0.3 is 6.18 Å². The Morgan fingerprint density at radius 2 is 1.68 bits per heavy atom. The number of hydrogen-bond acceptors (Lipinski definition) is 4. The van der Waals surface area contributed by atoms with Crippen LogP contribution in [0.25, 0.3) is 11.1 Å². The van der Waals surface area contributed by atoms with Crippen LogP contribution in [0, 0.1) is 6.92 Å². The van der Waals surface area contributed by atoms with E-state index in [9.17, 15) is 21.6 Å². The van der Waals surface area contributed by atoms with Gasteiger partial charge in [0.1, 0.15) is 0 Å². The number of alkyl halides is 3. The quantitative estimate of drug-likeness (QED) is 0.313. The van der Waals surface area contributed by atoms with Crippen molar-refractivity contribution in [2.24, 2.45) is 0 Å². The van der Waals surface area contributed by atoms with Gasteiger partial charge in [-0.25, -0.2) is 8.42 Å². The molecule has 0 spiro atoms. The molecule has 40 heavy (non-hydrogen) atoms. The summed E-state index contributed by atoms with van der Waals surface area (Å²) < 4.78 is 75.2. The van der Waals surface area contributed by atoms with Crippen LogP contribution in [0.1, 0.15) is 22.6 Å². The lowest BCUT2D eigenvalue weighted by Crippen LogP contribution is -2.67. The van der Waals surface area contributed by atoms with E-state index in [1.807, 2.05) is 55.5 Å². The molecule has 3 aromatic carbocycles. The molecule has 0 aliphatic carbocycles. The van der Waals surface area contributed by atoms with Crippen LogP contribution < -0.4 is 0 Å². The van der Waals surface area contributed by atoms with Gasteiger partial charge in [0, 0.05) is 49.8 Å². The summed E-state index contributed by atoms with van der Waals surface area (Å²) in [5.41, 5.74) is 2.88. The van der Waals surface area contributed by atoms with Crippen LogP contribution >= 0.6 is 11.6 Å². The first-order chi connectivity index (χ1) is 19.0. The van der Waals surface area contributed by atoms with Gasteiger partial charge in [-0.15, -0.1) is 0 Å². The van der Waals surface area contributed by atoms with E-state index in [1.54, 1.807) is 13.2 Å². The zero-order chi connectivity index (χ0) is 28.7. The van der Waals surface area contributed by atoms with E-state index in [2.05, 4.69) is 4.90 Å². The van der Waals surface area contributed by atoms with Gasteiger partial charge in [0.15, 0.2) is 0 Å². The highest BCUT2D eigenvalue weighted by Gasteiger charge is 2.50. The standard InChI is InChI=1S/C30H30ClF3N2O3S/c1-20-23(8-7-10-25(20)31)21-12-14-22(15-13-21)29-26-18-35(16-5-6-17-36(26)27(29)19-39-2)40(37,38)28-11-4-3-9-24(28)30(32,33)34/h3-15,26-27,29H,16-19H2,1-2H3/b6-5-/t26?,27-,29+/m1/s1. The largest absolute Gasteiger partial charge is 0.417 e. The van der Waals surface area contributed by atoms with Crippen molar-refractivity contribution < 1.29 is 26.3 Å². The van der Waals surface area contributed by atoms with Gasteiger partial charge in [0.25, 0.3) is 0 Å². The van der Waals surface area contributed by atoms with Crippen molar-refractivity contribution in [3.63, 3.8) is 0 Å². The van der Waals surface area contributed by atoms with Gasteiger partial charge in [0.05, 0.1) is 17.1 Å². The second kappa shape index (κ2) is 11.3. The smallest absolute Gasteiger partial charge is 0.383 e. The monoisotopic (exact) mass is 590 g/mol. The lowest BCUT2D eigenvalue weighted by atomic mass is 9.74. The maximum atomic E-state index is 13.7. The number of methoxy groups -OCH3 is 1. The summed E-state index contributed by atoms with van der Waals surface area (Å²) in [6.45, 7) is 3.06. The summed E-state index contributed by atoms with van der Waals surface area (Å²) >= 11 is 6.32. The molecule has 3 aromatic rings. The van der Waals surface area contributed by atoms with E-state index in [0.29, 0.717) is 18.2 Å². The molecule has 5 nitrogen and oxygen atoms in total. The Labute approximate surface area is 237 Å². The number of sulfonamides is 1. The highest BCUT2D eigenvalue weighted by atomic mass is 35.5. The average Bonchev–Trinajstić information content (AvgIpc) is 2.91. The van der Waals surface area contributed by atoms with E-state index < -0.39 is 26.7 Å². The lowest BCUT2D eigenvalue weighted by Gasteiger charge is -2.56. The summed E-state index contributed by atoms with van der Waals surface area (Å²) in [6.07, 6.45) is -1.22. The molecule has 0 radical (unpaired) electrons. The fourth-order valence-electron chi connectivity index (χ4n) is 5.85. The molecule has 1 unspecified atom stereocenters. The molecule has 1 saturated heterocycles. The topological polar surface area (TPSA) is 49.9 Å². The molecule has 2 aliphatic rings. The zero-order valence-electron chi connectivity index (χ0n) is 22.1. The average molecular weight is 591 g/mol. The van der Waals surface area contributed by atoms with Gasteiger partial charge in [-0.3, -0.25) is 4.90 Å². The highest BCUT2D eigenvalue weighted by Crippen LogP contribution is 2.43. The minimum atomic E-state index is -4.79. The first-order valence-corrected chi connectivity index (χ1v) is 14.8. The van der Waals surface area contributed by atoms with Crippen molar-refractivity contribution in [2.45, 2.75) is 36.0 Å². The van der Waals surface area contributed by atoms with Gasteiger partial charge in [0.2, 0.25) is 10.0 Å². The van der Waals surface area contributed by atoms with Crippen molar-refractivity contribution in [3.8, 4) is 11.1 Å². The predicted molar refractivity (Wildman–Crippen MR) is 150 cm³/mol. The molecule has 2 heterocycles. The number of ether oxygens (including phenoxy) is 1. The molecule has 1 fully saturated rings. The van der Waals surface area contributed by atoms with Crippen LogP contribution in [0.4, 0.5) is 13.2 Å². The van der Waals surface area contributed by atoms with Crippen molar-refractivity contribution in [3.05, 3.63) is 101 Å². The van der Waals surface area contributed by atoms with Crippen LogP contribution in [0.2, 0.25) is 5.02 Å². The summed E-state index contributed by atoms with van der Waals surface area (Å²) in [5, 5.41) is 0.687. The predicted octanol–water partition coefficient (Wildman–Crippen LogP) is 6.38. The molecule has 3 atom stereocenters. The first-order valence-electron chi connectivity index (χ1n) is 13.0. The van der Waals surface area contributed by atoms with Gasteiger partial charge in [-0.1, -0.05) is 72.3 Å². The maximum Gasteiger partial charge on any atom is 0.417 e. The Hall–Kier alpha value is -2.69. The van der Waals surface area contributed by atoms with E-state index in [-0.39, 0.29) is 31.1 Å². The molecule has 0 bridgehead atoms. The third-order valence-electron chi connectivity index (χ3n) is 7.89. The Kier molecular flexibility index (Phi) is 8.14. The molecule has 0 aromatic heterocycles. The van der Waals surface area contributed by atoms with Gasteiger partial charge < -0.3 is 4.74 Å². The number of fused-ring (bicyclic) bond motifs is 1.